The Balaban J connectivity index is 1.44. The summed E-state index contributed by atoms with van der Waals surface area (Å²) in [5.41, 5.74) is 2.10. The van der Waals surface area contributed by atoms with Crippen molar-refractivity contribution in [1.29, 1.82) is 0 Å². The van der Waals surface area contributed by atoms with Crippen molar-refractivity contribution in [2.75, 3.05) is 5.32 Å². The highest BCUT2D eigenvalue weighted by atomic mass is 32.2. The number of fused-ring (bicyclic) bond motifs is 1. The molecule has 0 spiro atoms. The third-order valence-corrected chi connectivity index (χ3v) is 5.93. The van der Waals surface area contributed by atoms with Crippen LogP contribution in [-0.4, -0.2) is 26.3 Å². The maximum Gasteiger partial charge on any atom is 0.237 e. The van der Waals surface area contributed by atoms with E-state index in [9.17, 15) is 4.79 Å². The molecule has 0 bridgehead atoms. The van der Waals surface area contributed by atoms with Gasteiger partial charge in [0, 0.05) is 17.0 Å². The Labute approximate surface area is 147 Å². The van der Waals surface area contributed by atoms with E-state index in [0.29, 0.717) is 5.16 Å². The molecule has 1 amide bonds. The van der Waals surface area contributed by atoms with Gasteiger partial charge in [0.2, 0.25) is 11.1 Å². The van der Waals surface area contributed by atoms with E-state index in [1.165, 1.54) is 22.2 Å². The summed E-state index contributed by atoms with van der Waals surface area (Å²) < 4.78 is 0. The molecule has 7 heteroatoms. The van der Waals surface area contributed by atoms with Gasteiger partial charge in [-0.25, -0.2) is 4.98 Å². The van der Waals surface area contributed by atoms with Crippen LogP contribution >= 0.6 is 23.1 Å². The number of thiophene rings is 1. The van der Waals surface area contributed by atoms with Gasteiger partial charge < -0.3 is 5.32 Å². The molecule has 24 heavy (non-hydrogen) atoms. The fourth-order valence-electron chi connectivity index (χ4n) is 2.72. The first-order valence-electron chi connectivity index (χ1n) is 7.77. The van der Waals surface area contributed by atoms with Crippen LogP contribution in [0.25, 0.3) is 0 Å². The number of aromatic nitrogens is 3. The number of carbonyl (C=O) groups is 1. The quantitative estimate of drug-likeness (QED) is 0.750. The van der Waals surface area contributed by atoms with E-state index in [1.807, 2.05) is 24.3 Å². The fourth-order valence-corrected chi connectivity index (χ4v) is 4.35. The standard InChI is InChI=1S/C17H16N4OS2/c22-16-14(8-7-11-4-1-2-6-13(11)18-16)24-17-19-15(20-21-17)10-12-5-3-9-23-12/h1-6,9,14H,7-8,10H2,(H,18,22)(H,19,20,21)/t14-/m0/s1. The van der Waals surface area contributed by atoms with Crippen molar-refractivity contribution in [3.8, 4) is 0 Å². The van der Waals surface area contributed by atoms with Crippen molar-refractivity contribution in [3.05, 3.63) is 58.0 Å². The van der Waals surface area contributed by atoms with E-state index in [0.717, 1.165) is 30.8 Å². The molecule has 0 radical (unpaired) electrons. The minimum Gasteiger partial charge on any atom is -0.325 e. The Morgan fingerprint density at radius 2 is 2.17 bits per heavy atom. The Morgan fingerprint density at radius 3 is 3.04 bits per heavy atom. The predicted octanol–water partition coefficient (Wildman–Crippen LogP) is 3.50. The molecule has 1 aliphatic heterocycles. The highest BCUT2D eigenvalue weighted by Crippen LogP contribution is 2.30. The van der Waals surface area contributed by atoms with Crippen molar-refractivity contribution in [1.82, 2.24) is 15.2 Å². The number of hydrogen-bond acceptors (Lipinski definition) is 5. The Kier molecular flexibility index (Phi) is 4.36. The molecule has 1 atom stereocenters. The van der Waals surface area contributed by atoms with Crippen molar-refractivity contribution in [2.45, 2.75) is 29.7 Å². The lowest BCUT2D eigenvalue weighted by Crippen LogP contribution is -2.23. The minimum atomic E-state index is -0.178. The fraction of sp³-hybridized carbons (Fsp3) is 0.235. The molecule has 1 aromatic carbocycles. The molecular weight excluding hydrogens is 340 g/mol. The van der Waals surface area contributed by atoms with Crippen LogP contribution in [0.2, 0.25) is 0 Å². The number of hydrogen-bond donors (Lipinski definition) is 2. The lowest BCUT2D eigenvalue weighted by Gasteiger charge is -2.10. The van der Waals surface area contributed by atoms with Crippen molar-refractivity contribution in [2.24, 2.45) is 0 Å². The molecule has 3 aromatic rings. The second kappa shape index (κ2) is 6.78. The van der Waals surface area contributed by atoms with E-state index in [-0.39, 0.29) is 11.2 Å². The Bertz CT molecular complexity index is 844. The van der Waals surface area contributed by atoms with E-state index >= 15 is 0 Å². The third-order valence-electron chi connectivity index (χ3n) is 3.92. The molecule has 2 aromatic heterocycles. The normalized spacial score (nSPS) is 17.2. The zero-order valence-electron chi connectivity index (χ0n) is 12.9. The van der Waals surface area contributed by atoms with Crippen molar-refractivity contribution in [3.63, 3.8) is 0 Å². The summed E-state index contributed by atoms with van der Waals surface area (Å²) in [5, 5.41) is 12.7. The average molecular weight is 356 g/mol. The number of thioether (sulfide) groups is 1. The third kappa shape index (κ3) is 3.37. The van der Waals surface area contributed by atoms with Gasteiger partial charge in [-0.1, -0.05) is 36.0 Å². The molecule has 0 unspecified atom stereocenters. The van der Waals surface area contributed by atoms with Crippen LogP contribution < -0.4 is 5.32 Å². The largest absolute Gasteiger partial charge is 0.325 e. The summed E-state index contributed by atoms with van der Waals surface area (Å²) in [4.78, 5) is 18.2. The van der Waals surface area contributed by atoms with Gasteiger partial charge in [-0.3, -0.25) is 9.89 Å². The van der Waals surface area contributed by atoms with Crippen molar-refractivity contribution >= 4 is 34.7 Å². The molecule has 0 fully saturated rings. The summed E-state index contributed by atoms with van der Waals surface area (Å²) in [6.45, 7) is 0. The summed E-state index contributed by atoms with van der Waals surface area (Å²) in [6.07, 6.45) is 2.40. The molecule has 0 saturated heterocycles. The van der Waals surface area contributed by atoms with Gasteiger partial charge >= 0.3 is 0 Å². The number of para-hydroxylation sites is 1. The van der Waals surface area contributed by atoms with Crippen LogP contribution in [0, 0.1) is 0 Å². The van der Waals surface area contributed by atoms with Crippen molar-refractivity contribution < 1.29 is 4.79 Å². The van der Waals surface area contributed by atoms with Crippen LogP contribution in [0.5, 0.6) is 0 Å². The molecule has 122 valence electrons. The molecule has 0 aliphatic carbocycles. The summed E-state index contributed by atoms with van der Waals surface area (Å²) >= 11 is 3.13. The van der Waals surface area contributed by atoms with Crippen LogP contribution in [0.15, 0.2) is 46.9 Å². The van der Waals surface area contributed by atoms with Crippen LogP contribution in [0.3, 0.4) is 0 Å². The number of anilines is 1. The lowest BCUT2D eigenvalue weighted by atomic mass is 10.1. The predicted molar refractivity (Wildman–Crippen MR) is 96.5 cm³/mol. The van der Waals surface area contributed by atoms with Gasteiger partial charge in [-0.2, -0.15) is 0 Å². The summed E-state index contributed by atoms with van der Waals surface area (Å²) in [5.74, 6) is 0.854. The second-order valence-electron chi connectivity index (χ2n) is 5.61. The van der Waals surface area contributed by atoms with E-state index in [1.54, 1.807) is 11.3 Å². The molecular formula is C17H16N4OS2. The van der Waals surface area contributed by atoms with Gasteiger partial charge in [0.05, 0.1) is 5.25 Å². The number of nitrogens with zero attached hydrogens (tertiary/aromatic N) is 2. The Morgan fingerprint density at radius 1 is 1.25 bits per heavy atom. The smallest absolute Gasteiger partial charge is 0.237 e. The number of benzene rings is 1. The summed E-state index contributed by atoms with van der Waals surface area (Å²) in [6, 6.07) is 12.1. The average Bonchev–Trinajstić information content (AvgIpc) is 3.22. The number of aromatic amines is 1. The van der Waals surface area contributed by atoms with Gasteiger partial charge in [0.15, 0.2) is 0 Å². The second-order valence-corrected chi connectivity index (χ2v) is 7.81. The van der Waals surface area contributed by atoms with Gasteiger partial charge in [0.25, 0.3) is 0 Å². The number of rotatable bonds is 4. The lowest BCUT2D eigenvalue weighted by molar-refractivity contribution is -0.115. The van der Waals surface area contributed by atoms with Crippen LogP contribution in [0.1, 0.15) is 22.7 Å². The Hall–Kier alpha value is -2.12. The number of carbonyl (C=O) groups excluding carboxylic acids is 1. The maximum absolute atomic E-state index is 12.4. The topological polar surface area (TPSA) is 70.7 Å². The molecule has 5 nitrogen and oxygen atoms in total. The molecule has 0 saturated carbocycles. The maximum atomic E-state index is 12.4. The van der Waals surface area contributed by atoms with Crippen LogP contribution in [0.4, 0.5) is 5.69 Å². The van der Waals surface area contributed by atoms with Gasteiger partial charge in [-0.15, -0.1) is 16.4 Å². The first-order valence-corrected chi connectivity index (χ1v) is 9.53. The summed E-state index contributed by atoms with van der Waals surface area (Å²) in [7, 11) is 0. The first-order chi connectivity index (χ1) is 11.8. The monoisotopic (exact) mass is 356 g/mol. The van der Waals surface area contributed by atoms with Crippen LogP contribution in [-0.2, 0) is 17.6 Å². The zero-order valence-corrected chi connectivity index (χ0v) is 14.5. The zero-order chi connectivity index (χ0) is 16.4. The minimum absolute atomic E-state index is 0.0227. The SMILES string of the molecule is O=C1Nc2ccccc2CC[C@@H]1Sc1n[nH]c(Cc2cccs2)n1. The highest BCUT2D eigenvalue weighted by Gasteiger charge is 2.25. The highest BCUT2D eigenvalue weighted by molar-refractivity contribution is 8.00. The molecule has 4 rings (SSSR count). The van der Waals surface area contributed by atoms with E-state index in [2.05, 4.69) is 38.0 Å². The number of nitrogens with one attached hydrogen (secondary N) is 2. The number of aryl methyl sites for hydroxylation is 1. The van der Waals surface area contributed by atoms with Gasteiger partial charge in [-0.05, 0) is 35.9 Å². The number of amides is 1. The van der Waals surface area contributed by atoms with Gasteiger partial charge in [0.1, 0.15) is 5.82 Å². The number of H-pyrrole nitrogens is 1. The van der Waals surface area contributed by atoms with E-state index in [4.69, 9.17) is 0 Å². The first kappa shape index (κ1) is 15.4. The molecule has 2 N–H and O–H groups in total. The van der Waals surface area contributed by atoms with E-state index < -0.39 is 0 Å². The molecule has 3 heterocycles. The molecule has 1 aliphatic rings.